The van der Waals surface area contributed by atoms with Gasteiger partial charge in [-0.05, 0) is 55.8 Å². The molecule has 0 aromatic heterocycles. The van der Waals surface area contributed by atoms with Crippen molar-refractivity contribution in [2.24, 2.45) is 5.92 Å². The maximum atomic E-state index is 5.93. The van der Waals surface area contributed by atoms with Gasteiger partial charge in [0.1, 0.15) is 0 Å². The fraction of sp³-hybridized carbons (Fsp3) is 0.625. The first-order chi connectivity index (χ1) is 8.78. The van der Waals surface area contributed by atoms with Crippen LogP contribution in [-0.2, 0) is 6.42 Å². The van der Waals surface area contributed by atoms with E-state index in [4.69, 9.17) is 11.6 Å². The Balaban J connectivity index is 1.83. The highest BCUT2D eigenvalue weighted by Gasteiger charge is 2.22. The van der Waals surface area contributed by atoms with Crippen molar-refractivity contribution in [2.75, 3.05) is 6.54 Å². The Kier molecular flexibility index (Phi) is 5.52. The number of benzene rings is 1. The van der Waals surface area contributed by atoms with Gasteiger partial charge in [0.15, 0.2) is 0 Å². The van der Waals surface area contributed by atoms with Gasteiger partial charge < -0.3 is 5.32 Å². The van der Waals surface area contributed by atoms with Gasteiger partial charge in [-0.25, -0.2) is 0 Å². The molecule has 0 heterocycles. The maximum Gasteiger partial charge on any atom is 0.0406 e. The molecule has 1 nitrogen and oxygen atoms in total. The minimum absolute atomic E-state index is 0.631. The van der Waals surface area contributed by atoms with Crippen LogP contribution in [0.3, 0.4) is 0 Å². The molecule has 1 aromatic rings. The van der Waals surface area contributed by atoms with E-state index in [-0.39, 0.29) is 0 Å². The zero-order chi connectivity index (χ0) is 12.8. The molecule has 1 aromatic carbocycles. The van der Waals surface area contributed by atoms with E-state index >= 15 is 0 Å². The van der Waals surface area contributed by atoms with Crippen LogP contribution in [0.2, 0.25) is 5.02 Å². The molecule has 0 saturated heterocycles. The maximum absolute atomic E-state index is 5.93. The molecule has 0 spiro atoms. The molecule has 2 heteroatoms. The summed E-state index contributed by atoms with van der Waals surface area (Å²) in [7, 11) is 0. The molecule has 0 amide bonds. The third-order valence-electron chi connectivity index (χ3n) is 3.70. The van der Waals surface area contributed by atoms with Gasteiger partial charge in [-0.1, -0.05) is 43.5 Å². The zero-order valence-electron chi connectivity index (χ0n) is 11.3. The van der Waals surface area contributed by atoms with Gasteiger partial charge >= 0.3 is 0 Å². The third-order valence-corrected chi connectivity index (χ3v) is 3.95. The monoisotopic (exact) mass is 265 g/mol. The van der Waals surface area contributed by atoms with Crippen LogP contribution in [0, 0.1) is 5.92 Å². The van der Waals surface area contributed by atoms with Gasteiger partial charge in [-0.15, -0.1) is 0 Å². The first kappa shape index (κ1) is 13.9. The molecule has 1 aliphatic rings. The van der Waals surface area contributed by atoms with Gasteiger partial charge in [0.25, 0.3) is 0 Å². The van der Waals surface area contributed by atoms with E-state index in [1.54, 1.807) is 0 Å². The summed E-state index contributed by atoms with van der Waals surface area (Å²) in [5.41, 5.74) is 1.39. The largest absolute Gasteiger partial charge is 0.314 e. The minimum Gasteiger partial charge on any atom is -0.314 e. The van der Waals surface area contributed by atoms with E-state index in [0.29, 0.717) is 6.04 Å². The van der Waals surface area contributed by atoms with Crippen LogP contribution in [0.5, 0.6) is 0 Å². The quantitative estimate of drug-likeness (QED) is 0.733. The predicted molar refractivity (Wildman–Crippen MR) is 79.2 cm³/mol. The van der Waals surface area contributed by atoms with Crippen molar-refractivity contribution in [2.45, 2.75) is 51.5 Å². The second-order valence-electron chi connectivity index (χ2n) is 5.50. The van der Waals surface area contributed by atoms with Crippen LogP contribution in [0.25, 0.3) is 0 Å². The Morgan fingerprint density at radius 2 is 2.00 bits per heavy atom. The van der Waals surface area contributed by atoms with Crippen LogP contribution >= 0.6 is 11.6 Å². The van der Waals surface area contributed by atoms with Crippen molar-refractivity contribution < 1.29 is 0 Å². The van der Waals surface area contributed by atoms with Crippen LogP contribution in [0.15, 0.2) is 24.3 Å². The number of hydrogen-bond acceptors (Lipinski definition) is 1. The Morgan fingerprint density at radius 3 is 2.61 bits per heavy atom. The summed E-state index contributed by atoms with van der Waals surface area (Å²) in [5, 5.41) is 4.51. The summed E-state index contributed by atoms with van der Waals surface area (Å²) < 4.78 is 0. The van der Waals surface area contributed by atoms with Crippen molar-refractivity contribution in [1.82, 2.24) is 5.32 Å². The molecule has 1 atom stereocenters. The van der Waals surface area contributed by atoms with Gasteiger partial charge in [-0.3, -0.25) is 0 Å². The lowest BCUT2D eigenvalue weighted by Gasteiger charge is -2.18. The molecule has 1 N–H and O–H groups in total. The second kappa shape index (κ2) is 7.16. The standard InChI is InChI=1S/C16H24ClN/c1-2-11-18-16(10-7-13-3-4-13)12-14-5-8-15(17)9-6-14/h5-6,8-9,13,16,18H,2-4,7,10-12H2,1H3. The topological polar surface area (TPSA) is 12.0 Å². The van der Waals surface area contributed by atoms with Gasteiger partial charge in [0.05, 0.1) is 0 Å². The highest BCUT2D eigenvalue weighted by Crippen LogP contribution is 2.34. The first-order valence-corrected chi connectivity index (χ1v) is 7.63. The molecule has 18 heavy (non-hydrogen) atoms. The molecule has 1 saturated carbocycles. The van der Waals surface area contributed by atoms with Gasteiger partial charge in [0, 0.05) is 11.1 Å². The van der Waals surface area contributed by atoms with E-state index in [2.05, 4.69) is 24.4 Å². The molecule has 1 fully saturated rings. The lowest BCUT2D eigenvalue weighted by molar-refractivity contribution is 0.452. The third kappa shape index (κ3) is 4.99. The second-order valence-corrected chi connectivity index (χ2v) is 5.94. The SMILES string of the molecule is CCCNC(CCC1CC1)Cc1ccc(Cl)cc1. The Morgan fingerprint density at radius 1 is 1.28 bits per heavy atom. The fourth-order valence-corrected chi connectivity index (χ4v) is 2.50. The summed E-state index contributed by atoms with van der Waals surface area (Å²) in [6.07, 6.45) is 7.97. The van der Waals surface area contributed by atoms with Crippen molar-refractivity contribution in [3.05, 3.63) is 34.9 Å². The average Bonchev–Trinajstić information content (AvgIpc) is 3.19. The van der Waals surface area contributed by atoms with Crippen LogP contribution in [0.1, 0.15) is 44.6 Å². The van der Waals surface area contributed by atoms with Crippen molar-refractivity contribution in [3.8, 4) is 0 Å². The smallest absolute Gasteiger partial charge is 0.0406 e. The fourth-order valence-electron chi connectivity index (χ4n) is 2.37. The van der Waals surface area contributed by atoms with E-state index < -0.39 is 0 Å². The van der Waals surface area contributed by atoms with Crippen LogP contribution < -0.4 is 5.32 Å². The Bertz CT molecular complexity index is 343. The summed E-state index contributed by atoms with van der Waals surface area (Å²) in [4.78, 5) is 0. The summed E-state index contributed by atoms with van der Waals surface area (Å²) in [6.45, 7) is 3.36. The molecular formula is C16H24ClN. The summed E-state index contributed by atoms with van der Waals surface area (Å²) in [6, 6.07) is 8.93. The van der Waals surface area contributed by atoms with Gasteiger partial charge in [-0.2, -0.15) is 0 Å². The van der Waals surface area contributed by atoms with Crippen LogP contribution in [0.4, 0.5) is 0 Å². The normalized spacial score (nSPS) is 16.8. The minimum atomic E-state index is 0.631. The Hall–Kier alpha value is -0.530. The van der Waals surface area contributed by atoms with E-state index in [9.17, 15) is 0 Å². The average molecular weight is 266 g/mol. The van der Waals surface area contributed by atoms with E-state index in [1.807, 2.05) is 12.1 Å². The molecule has 1 aliphatic carbocycles. The van der Waals surface area contributed by atoms with E-state index in [1.165, 1.54) is 37.7 Å². The van der Waals surface area contributed by atoms with Crippen LogP contribution in [-0.4, -0.2) is 12.6 Å². The zero-order valence-corrected chi connectivity index (χ0v) is 12.0. The van der Waals surface area contributed by atoms with Gasteiger partial charge in [0.2, 0.25) is 0 Å². The molecule has 0 aliphatic heterocycles. The molecular weight excluding hydrogens is 242 g/mol. The van der Waals surface area contributed by atoms with Crippen molar-refractivity contribution >= 4 is 11.6 Å². The number of nitrogens with one attached hydrogen (secondary N) is 1. The van der Waals surface area contributed by atoms with E-state index in [0.717, 1.165) is 23.9 Å². The predicted octanol–water partition coefficient (Wildman–Crippen LogP) is 4.44. The molecule has 100 valence electrons. The summed E-state index contributed by atoms with van der Waals surface area (Å²) >= 11 is 5.93. The Labute approximate surface area is 116 Å². The highest BCUT2D eigenvalue weighted by atomic mass is 35.5. The molecule has 0 radical (unpaired) electrons. The molecule has 2 rings (SSSR count). The summed E-state index contributed by atoms with van der Waals surface area (Å²) in [5.74, 6) is 1.03. The number of halogens is 1. The lowest BCUT2D eigenvalue weighted by atomic mass is 10.0. The molecule has 0 bridgehead atoms. The highest BCUT2D eigenvalue weighted by molar-refractivity contribution is 6.30. The first-order valence-electron chi connectivity index (χ1n) is 7.25. The number of rotatable bonds is 8. The number of hydrogen-bond donors (Lipinski definition) is 1. The van der Waals surface area contributed by atoms with Crippen molar-refractivity contribution in [3.63, 3.8) is 0 Å². The van der Waals surface area contributed by atoms with Crippen molar-refractivity contribution in [1.29, 1.82) is 0 Å². The lowest BCUT2D eigenvalue weighted by Crippen LogP contribution is -2.31. The molecule has 1 unspecified atom stereocenters.